The predicted molar refractivity (Wildman–Crippen MR) is 109 cm³/mol. The van der Waals surface area contributed by atoms with Crippen LogP contribution in [0.2, 0.25) is 0 Å². The lowest BCUT2D eigenvalue weighted by Crippen LogP contribution is -2.29. The smallest absolute Gasteiger partial charge is 0.258 e. The van der Waals surface area contributed by atoms with Gasteiger partial charge in [-0.05, 0) is 48.4 Å². The standard InChI is InChI=1S/C23H20F2N2O3/c1-14-5-4-7-18(21(14)27-23(30)17-6-2-3-8-19(17)25)22(29)26-13-20(28)15-9-11-16(24)12-10-15/h2-12,20,28H,13H2,1H3,(H,26,29)(H,27,30). The molecule has 0 bridgehead atoms. The van der Waals surface area contributed by atoms with E-state index in [0.29, 0.717) is 11.1 Å². The molecule has 3 N–H and O–H groups in total. The van der Waals surface area contributed by atoms with Gasteiger partial charge in [0.1, 0.15) is 11.6 Å². The van der Waals surface area contributed by atoms with Gasteiger partial charge in [0.05, 0.1) is 22.9 Å². The molecule has 0 saturated heterocycles. The molecule has 7 heteroatoms. The van der Waals surface area contributed by atoms with Crippen LogP contribution in [0.15, 0.2) is 66.7 Å². The second-order valence-corrected chi connectivity index (χ2v) is 6.71. The lowest BCUT2D eigenvalue weighted by molar-refractivity contribution is 0.0917. The molecule has 0 aliphatic heterocycles. The van der Waals surface area contributed by atoms with E-state index in [0.717, 1.165) is 0 Å². The summed E-state index contributed by atoms with van der Waals surface area (Å²) >= 11 is 0. The van der Waals surface area contributed by atoms with Crippen molar-refractivity contribution in [1.82, 2.24) is 5.32 Å². The van der Waals surface area contributed by atoms with Crippen LogP contribution in [0.4, 0.5) is 14.5 Å². The number of anilines is 1. The molecule has 2 amide bonds. The van der Waals surface area contributed by atoms with Crippen molar-refractivity contribution in [3.8, 4) is 0 Å². The summed E-state index contributed by atoms with van der Waals surface area (Å²) in [4.78, 5) is 25.2. The van der Waals surface area contributed by atoms with Crippen molar-refractivity contribution in [3.05, 3.63) is 101 Å². The lowest BCUT2D eigenvalue weighted by Gasteiger charge is -2.16. The van der Waals surface area contributed by atoms with Crippen molar-refractivity contribution in [3.63, 3.8) is 0 Å². The monoisotopic (exact) mass is 410 g/mol. The van der Waals surface area contributed by atoms with E-state index in [2.05, 4.69) is 10.6 Å². The summed E-state index contributed by atoms with van der Waals surface area (Å²) in [6.07, 6.45) is -1.03. The van der Waals surface area contributed by atoms with Crippen molar-refractivity contribution < 1.29 is 23.5 Å². The van der Waals surface area contributed by atoms with Gasteiger partial charge < -0.3 is 15.7 Å². The molecule has 0 spiro atoms. The number of hydrogen-bond donors (Lipinski definition) is 3. The van der Waals surface area contributed by atoms with Gasteiger partial charge >= 0.3 is 0 Å². The van der Waals surface area contributed by atoms with Gasteiger partial charge in [0, 0.05) is 6.54 Å². The molecule has 0 saturated carbocycles. The minimum Gasteiger partial charge on any atom is -0.387 e. The second-order valence-electron chi connectivity index (χ2n) is 6.71. The van der Waals surface area contributed by atoms with Crippen molar-refractivity contribution >= 4 is 17.5 Å². The molecular weight excluding hydrogens is 390 g/mol. The third kappa shape index (κ3) is 4.87. The summed E-state index contributed by atoms with van der Waals surface area (Å²) in [6, 6.07) is 15.7. The number of amides is 2. The molecule has 3 aromatic carbocycles. The number of carbonyl (C=O) groups is 2. The van der Waals surface area contributed by atoms with Gasteiger partial charge in [-0.3, -0.25) is 9.59 Å². The Morgan fingerprint density at radius 3 is 2.27 bits per heavy atom. The largest absolute Gasteiger partial charge is 0.387 e. The molecule has 1 atom stereocenters. The van der Waals surface area contributed by atoms with Gasteiger partial charge in [0.25, 0.3) is 11.8 Å². The van der Waals surface area contributed by atoms with Crippen molar-refractivity contribution in [2.45, 2.75) is 13.0 Å². The fraction of sp³-hybridized carbons (Fsp3) is 0.130. The lowest BCUT2D eigenvalue weighted by atomic mass is 10.1. The number of halogens is 2. The Kier molecular flexibility index (Phi) is 6.54. The average molecular weight is 410 g/mol. The van der Waals surface area contributed by atoms with Crippen LogP contribution in [-0.2, 0) is 0 Å². The summed E-state index contributed by atoms with van der Waals surface area (Å²) in [5.74, 6) is -2.30. The van der Waals surface area contributed by atoms with E-state index in [1.807, 2.05) is 0 Å². The van der Waals surface area contributed by atoms with E-state index in [9.17, 15) is 23.5 Å². The van der Waals surface area contributed by atoms with Gasteiger partial charge in [0.15, 0.2) is 0 Å². The maximum Gasteiger partial charge on any atom is 0.258 e. The molecule has 5 nitrogen and oxygen atoms in total. The fourth-order valence-corrected chi connectivity index (χ4v) is 2.94. The summed E-state index contributed by atoms with van der Waals surface area (Å²) < 4.78 is 26.9. The highest BCUT2D eigenvalue weighted by molar-refractivity contribution is 6.09. The minimum atomic E-state index is -1.03. The zero-order chi connectivity index (χ0) is 21.7. The first-order valence-electron chi connectivity index (χ1n) is 9.24. The topological polar surface area (TPSA) is 78.4 Å². The van der Waals surface area contributed by atoms with Gasteiger partial charge in [0.2, 0.25) is 0 Å². The predicted octanol–water partition coefficient (Wildman–Crippen LogP) is 3.99. The normalized spacial score (nSPS) is 11.6. The quantitative estimate of drug-likeness (QED) is 0.575. The molecule has 0 aliphatic carbocycles. The maximum atomic E-state index is 13.9. The van der Waals surface area contributed by atoms with Crippen LogP contribution < -0.4 is 10.6 Å². The van der Waals surface area contributed by atoms with Gasteiger partial charge in [-0.25, -0.2) is 8.78 Å². The molecule has 0 aliphatic rings. The number of nitrogens with one attached hydrogen (secondary N) is 2. The molecule has 0 radical (unpaired) electrons. The number of benzene rings is 3. The Balaban J connectivity index is 1.75. The van der Waals surface area contributed by atoms with Crippen LogP contribution in [0.1, 0.15) is 37.9 Å². The van der Waals surface area contributed by atoms with E-state index in [1.165, 1.54) is 48.5 Å². The van der Waals surface area contributed by atoms with E-state index in [1.54, 1.807) is 25.1 Å². The van der Waals surface area contributed by atoms with Crippen LogP contribution in [0.3, 0.4) is 0 Å². The van der Waals surface area contributed by atoms with Gasteiger partial charge in [-0.15, -0.1) is 0 Å². The highest BCUT2D eigenvalue weighted by Crippen LogP contribution is 2.22. The number of rotatable bonds is 6. The van der Waals surface area contributed by atoms with Crippen molar-refractivity contribution in [2.75, 3.05) is 11.9 Å². The number of hydrogen-bond acceptors (Lipinski definition) is 3. The summed E-state index contributed by atoms with van der Waals surface area (Å²) in [7, 11) is 0. The van der Waals surface area contributed by atoms with E-state index in [-0.39, 0.29) is 23.4 Å². The van der Waals surface area contributed by atoms with Crippen molar-refractivity contribution in [2.24, 2.45) is 0 Å². The fourth-order valence-electron chi connectivity index (χ4n) is 2.94. The zero-order valence-corrected chi connectivity index (χ0v) is 16.2. The third-order valence-corrected chi connectivity index (χ3v) is 4.59. The zero-order valence-electron chi connectivity index (χ0n) is 16.2. The highest BCUT2D eigenvalue weighted by Gasteiger charge is 2.19. The molecule has 1 unspecified atom stereocenters. The van der Waals surface area contributed by atoms with Crippen LogP contribution in [-0.4, -0.2) is 23.5 Å². The van der Waals surface area contributed by atoms with Crippen LogP contribution in [0, 0.1) is 18.6 Å². The Labute approximate surface area is 172 Å². The van der Waals surface area contributed by atoms with Crippen molar-refractivity contribution in [1.29, 1.82) is 0 Å². The second kappa shape index (κ2) is 9.28. The Morgan fingerprint density at radius 1 is 0.900 bits per heavy atom. The number of aryl methyl sites for hydroxylation is 1. The maximum absolute atomic E-state index is 13.9. The molecule has 3 rings (SSSR count). The minimum absolute atomic E-state index is 0.112. The molecule has 0 fully saturated rings. The first-order chi connectivity index (χ1) is 14.4. The van der Waals surface area contributed by atoms with Gasteiger partial charge in [-0.1, -0.05) is 36.4 Å². The molecule has 154 valence electrons. The molecule has 0 heterocycles. The molecule has 30 heavy (non-hydrogen) atoms. The average Bonchev–Trinajstić information content (AvgIpc) is 2.74. The first kappa shape index (κ1) is 21.1. The Morgan fingerprint density at radius 2 is 1.57 bits per heavy atom. The summed E-state index contributed by atoms with van der Waals surface area (Å²) in [5.41, 5.74) is 1.35. The Bertz CT molecular complexity index is 1070. The van der Waals surface area contributed by atoms with Crippen LogP contribution >= 0.6 is 0 Å². The van der Waals surface area contributed by atoms with E-state index >= 15 is 0 Å². The van der Waals surface area contributed by atoms with E-state index in [4.69, 9.17) is 0 Å². The van der Waals surface area contributed by atoms with E-state index < -0.39 is 29.6 Å². The third-order valence-electron chi connectivity index (χ3n) is 4.59. The summed E-state index contributed by atoms with van der Waals surface area (Å²) in [5, 5.41) is 15.4. The molecule has 3 aromatic rings. The Hall–Kier alpha value is -3.58. The highest BCUT2D eigenvalue weighted by atomic mass is 19.1. The molecule has 0 aromatic heterocycles. The van der Waals surface area contributed by atoms with Crippen LogP contribution in [0.25, 0.3) is 0 Å². The number of aliphatic hydroxyl groups is 1. The molecular formula is C23H20F2N2O3. The van der Waals surface area contributed by atoms with Gasteiger partial charge in [-0.2, -0.15) is 0 Å². The number of para-hydroxylation sites is 1. The summed E-state index contributed by atoms with van der Waals surface area (Å²) in [6.45, 7) is 1.60. The SMILES string of the molecule is Cc1cccc(C(=O)NCC(O)c2ccc(F)cc2)c1NC(=O)c1ccccc1F. The first-order valence-corrected chi connectivity index (χ1v) is 9.24. The number of carbonyl (C=O) groups excluding carboxylic acids is 2. The van der Waals surface area contributed by atoms with Crippen LogP contribution in [0.5, 0.6) is 0 Å². The number of aliphatic hydroxyl groups excluding tert-OH is 1.